The van der Waals surface area contributed by atoms with Gasteiger partial charge in [0.15, 0.2) is 0 Å². The van der Waals surface area contributed by atoms with Crippen LogP contribution in [0.5, 0.6) is 0 Å². The first-order chi connectivity index (χ1) is 12.0. The van der Waals surface area contributed by atoms with Gasteiger partial charge in [-0.05, 0) is 49.4 Å². The first-order valence-electron chi connectivity index (χ1n) is 8.28. The van der Waals surface area contributed by atoms with Crippen molar-refractivity contribution in [3.8, 4) is 0 Å². The Bertz CT molecular complexity index is 1160. The molecular formula is C20H20N4O. The lowest BCUT2D eigenvalue weighted by atomic mass is 10.1. The van der Waals surface area contributed by atoms with Gasteiger partial charge >= 0.3 is 0 Å². The van der Waals surface area contributed by atoms with Crippen LogP contribution >= 0.6 is 0 Å². The molecule has 0 fully saturated rings. The minimum atomic E-state index is -0.0813. The summed E-state index contributed by atoms with van der Waals surface area (Å²) in [6, 6.07) is 12.1. The fraction of sp³-hybridized carbons (Fsp3) is 0.200. The molecule has 0 aliphatic carbocycles. The van der Waals surface area contributed by atoms with Crippen LogP contribution in [-0.4, -0.2) is 14.5 Å². The maximum absolute atomic E-state index is 12.5. The van der Waals surface area contributed by atoms with Gasteiger partial charge in [0.1, 0.15) is 0 Å². The van der Waals surface area contributed by atoms with Gasteiger partial charge in [0, 0.05) is 18.4 Å². The van der Waals surface area contributed by atoms with Crippen LogP contribution in [0.4, 0.5) is 11.6 Å². The smallest absolute Gasteiger partial charge is 0.258 e. The number of nitrogens with one attached hydrogen (secondary N) is 2. The largest absolute Gasteiger partial charge is 0.326 e. The Balaban J connectivity index is 1.97. The molecule has 126 valence electrons. The number of hydrogen-bond donors (Lipinski definition) is 2. The average molecular weight is 332 g/mol. The Morgan fingerprint density at radius 2 is 1.80 bits per heavy atom. The number of imidazole rings is 1. The number of para-hydroxylation sites is 1. The Hall–Kier alpha value is -3.08. The highest BCUT2D eigenvalue weighted by atomic mass is 16.1. The third-order valence-electron chi connectivity index (χ3n) is 4.70. The zero-order chi connectivity index (χ0) is 17.7. The molecule has 0 bridgehead atoms. The molecule has 2 N–H and O–H groups in total. The predicted molar refractivity (Wildman–Crippen MR) is 103 cm³/mol. The molecule has 4 rings (SSSR count). The summed E-state index contributed by atoms with van der Waals surface area (Å²) in [6.07, 6.45) is 0. The molecule has 0 aliphatic rings. The van der Waals surface area contributed by atoms with Gasteiger partial charge in [0.25, 0.3) is 5.56 Å². The van der Waals surface area contributed by atoms with Crippen LogP contribution in [0.3, 0.4) is 0 Å². The molecule has 0 saturated carbocycles. The fourth-order valence-corrected chi connectivity index (χ4v) is 3.43. The monoisotopic (exact) mass is 332 g/mol. The number of benzene rings is 2. The number of nitrogens with zero attached hydrogens (tertiary/aromatic N) is 2. The SMILES string of the molecule is Cc1cc2ccc3nc(Nc4c(C)cccc4C)n(C)c3c2c(=O)[nH]1. The van der Waals surface area contributed by atoms with Gasteiger partial charge in [-0.3, -0.25) is 4.79 Å². The Morgan fingerprint density at radius 3 is 2.52 bits per heavy atom. The van der Waals surface area contributed by atoms with Crippen LogP contribution in [0, 0.1) is 20.8 Å². The molecule has 0 amide bonds. The van der Waals surface area contributed by atoms with Gasteiger partial charge < -0.3 is 14.9 Å². The van der Waals surface area contributed by atoms with E-state index in [1.165, 1.54) is 0 Å². The number of H-pyrrole nitrogens is 1. The summed E-state index contributed by atoms with van der Waals surface area (Å²) in [4.78, 5) is 20.1. The molecular weight excluding hydrogens is 312 g/mol. The number of aromatic nitrogens is 3. The average Bonchev–Trinajstić information content (AvgIpc) is 2.87. The molecule has 0 aliphatic heterocycles. The van der Waals surface area contributed by atoms with E-state index >= 15 is 0 Å². The van der Waals surface area contributed by atoms with Crippen molar-refractivity contribution in [1.82, 2.24) is 14.5 Å². The molecule has 0 radical (unpaired) electrons. The summed E-state index contributed by atoms with van der Waals surface area (Å²) in [6.45, 7) is 6.03. The second kappa shape index (κ2) is 5.48. The minimum absolute atomic E-state index is 0.0813. The Kier molecular flexibility index (Phi) is 3.39. The normalized spacial score (nSPS) is 11.4. The second-order valence-corrected chi connectivity index (χ2v) is 6.57. The highest BCUT2D eigenvalue weighted by molar-refractivity contribution is 6.05. The number of anilines is 2. The summed E-state index contributed by atoms with van der Waals surface area (Å²) in [5.41, 5.74) is 5.78. The zero-order valence-electron chi connectivity index (χ0n) is 14.8. The van der Waals surface area contributed by atoms with Gasteiger partial charge in [0.05, 0.1) is 16.4 Å². The molecule has 2 aromatic heterocycles. The summed E-state index contributed by atoms with van der Waals surface area (Å²) in [5.74, 6) is 0.722. The van der Waals surface area contributed by atoms with Gasteiger partial charge in [0.2, 0.25) is 5.95 Å². The summed E-state index contributed by atoms with van der Waals surface area (Å²) in [7, 11) is 1.93. The van der Waals surface area contributed by atoms with Crippen molar-refractivity contribution >= 4 is 33.4 Å². The fourth-order valence-electron chi connectivity index (χ4n) is 3.43. The lowest BCUT2D eigenvalue weighted by molar-refractivity contribution is 0.959. The highest BCUT2D eigenvalue weighted by Gasteiger charge is 2.15. The zero-order valence-corrected chi connectivity index (χ0v) is 14.8. The van der Waals surface area contributed by atoms with E-state index in [2.05, 4.69) is 36.3 Å². The number of pyridine rings is 1. The number of fused-ring (bicyclic) bond motifs is 3. The van der Waals surface area contributed by atoms with Crippen molar-refractivity contribution in [3.63, 3.8) is 0 Å². The van der Waals surface area contributed by atoms with Gasteiger partial charge in [-0.25, -0.2) is 4.98 Å². The lowest BCUT2D eigenvalue weighted by Gasteiger charge is -2.12. The van der Waals surface area contributed by atoms with Crippen molar-refractivity contribution < 1.29 is 0 Å². The van der Waals surface area contributed by atoms with Crippen LogP contribution in [-0.2, 0) is 7.05 Å². The van der Waals surface area contributed by atoms with E-state index in [0.29, 0.717) is 5.39 Å². The van der Waals surface area contributed by atoms with E-state index in [1.54, 1.807) is 0 Å². The Labute approximate surface area is 145 Å². The molecule has 0 saturated heterocycles. The number of hydrogen-bond acceptors (Lipinski definition) is 3. The third kappa shape index (κ3) is 2.39. The van der Waals surface area contributed by atoms with E-state index in [1.807, 2.05) is 42.8 Å². The summed E-state index contributed by atoms with van der Waals surface area (Å²) < 4.78 is 1.95. The van der Waals surface area contributed by atoms with E-state index in [-0.39, 0.29) is 5.56 Å². The molecule has 25 heavy (non-hydrogen) atoms. The summed E-state index contributed by atoms with van der Waals surface area (Å²) in [5, 5.41) is 5.03. The molecule has 0 atom stereocenters. The standard InChI is InChI=1S/C20H20N4O/c1-11-6-5-7-12(2)17(11)23-20-22-15-9-8-14-10-13(3)21-19(25)16(14)18(15)24(20)4/h5-10H,1-4H3,(H,21,25)(H,22,23). The van der Waals surface area contributed by atoms with Crippen molar-refractivity contribution in [1.29, 1.82) is 0 Å². The molecule has 2 aromatic carbocycles. The van der Waals surface area contributed by atoms with E-state index in [0.717, 1.165) is 44.9 Å². The molecule has 5 nitrogen and oxygen atoms in total. The highest BCUT2D eigenvalue weighted by Crippen LogP contribution is 2.29. The number of rotatable bonds is 2. The quantitative estimate of drug-likeness (QED) is 0.581. The second-order valence-electron chi connectivity index (χ2n) is 6.57. The number of aryl methyl sites for hydroxylation is 4. The first-order valence-corrected chi connectivity index (χ1v) is 8.28. The van der Waals surface area contributed by atoms with Gasteiger partial charge in [-0.2, -0.15) is 0 Å². The van der Waals surface area contributed by atoms with Crippen LogP contribution in [0.25, 0.3) is 21.8 Å². The van der Waals surface area contributed by atoms with Crippen molar-refractivity contribution in [2.24, 2.45) is 7.05 Å². The topological polar surface area (TPSA) is 62.7 Å². The van der Waals surface area contributed by atoms with Crippen molar-refractivity contribution in [3.05, 3.63) is 63.6 Å². The maximum Gasteiger partial charge on any atom is 0.258 e. The molecule has 0 unspecified atom stereocenters. The molecule has 0 spiro atoms. The van der Waals surface area contributed by atoms with Crippen LogP contribution in [0.15, 0.2) is 41.2 Å². The van der Waals surface area contributed by atoms with Gasteiger partial charge in [-0.15, -0.1) is 0 Å². The van der Waals surface area contributed by atoms with Crippen molar-refractivity contribution in [2.45, 2.75) is 20.8 Å². The van der Waals surface area contributed by atoms with Crippen LogP contribution in [0.1, 0.15) is 16.8 Å². The first kappa shape index (κ1) is 15.4. The lowest BCUT2D eigenvalue weighted by Crippen LogP contribution is -2.09. The van der Waals surface area contributed by atoms with E-state index < -0.39 is 0 Å². The molecule has 5 heteroatoms. The van der Waals surface area contributed by atoms with Crippen LogP contribution < -0.4 is 10.9 Å². The summed E-state index contributed by atoms with van der Waals surface area (Å²) >= 11 is 0. The Morgan fingerprint density at radius 1 is 1.08 bits per heavy atom. The maximum atomic E-state index is 12.5. The third-order valence-corrected chi connectivity index (χ3v) is 4.70. The predicted octanol–water partition coefficient (Wildman–Crippen LogP) is 4.08. The molecule has 2 heterocycles. The van der Waals surface area contributed by atoms with Crippen molar-refractivity contribution in [2.75, 3.05) is 5.32 Å². The molecule has 4 aromatic rings. The van der Waals surface area contributed by atoms with Crippen LogP contribution in [0.2, 0.25) is 0 Å². The number of aromatic amines is 1. The van der Waals surface area contributed by atoms with Gasteiger partial charge in [-0.1, -0.05) is 24.3 Å². The van der Waals surface area contributed by atoms with E-state index in [9.17, 15) is 4.79 Å². The minimum Gasteiger partial charge on any atom is -0.326 e. The van der Waals surface area contributed by atoms with E-state index in [4.69, 9.17) is 4.98 Å².